The molecule has 3 atom stereocenters. The second kappa shape index (κ2) is 7.77. The molecule has 0 aromatic heterocycles. The average molecular weight is 396 g/mol. The third kappa shape index (κ3) is 3.88. The number of rotatable bonds is 7. The van der Waals surface area contributed by atoms with Gasteiger partial charge in [0.1, 0.15) is 0 Å². The molecule has 2 aliphatic carbocycles. The van der Waals surface area contributed by atoms with E-state index in [0.29, 0.717) is 30.4 Å². The molecule has 1 aromatic rings. The van der Waals surface area contributed by atoms with Crippen LogP contribution in [0.15, 0.2) is 16.6 Å². The lowest BCUT2D eigenvalue weighted by atomic mass is 9.86. The monoisotopic (exact) mass is 395 g/mol. The fourth-order valence-corrected chi connectivity index (χ4v) is 4.88. The second-order valence-electron chi connectivity index (χ2n) is 7.04. The van der Waals surface area contributed by atoms with E-state index in [1.165, 1.54) is 25.7 Å². The van der Waals surface area contributed by atoms with Gasteiger partial charge in [-0.15, -0.1) is 0 Å². The maximum Gasteiger partial charge on any atom is 0.220 e. The number of carbonyl (C=O) groups excluding carboxylic acids is 1. The summed E-state index contributed by atoms with van der Waals surface area (Å²) in [6, 6.07) is 3.87. The van der Waals surface area contributed by atoms with Crippen LogP contribution in [-0.2, 0) is 11.2 Å². The van der Waals surface area contributed by atoms with Crippen LogP contribution in [0.25, 0.3) is 0 Å². The zero-order valence-corrected chi connectivity index (χ0v) is 16.0. The van der Waals surface area contributed by atoms with Gasteiger partial charge in [-0.2, -0.15) is 0 Å². The highest BCUT2D eigenvalue weighted by molar-refractivity contribution is 9.10. The van der Waals surface area contributed by atoms with Crippen LogP contribution in [0.1, 0.15) is 37.7 Å². The Hall–Kier alpha value is -1.23. The number of methoxy groups -OCH3 is 2. The molecule has 0 unspecified atom stereocenters. The average Bonchev–Trinajstić information content (AvgIpc) is 3.18. The van der Waals surface area contributed by atoms with Gasteiger partial charge in [0.2, 0.25) is 5.91 Å². The molecule has 4 nitrogen and oxygen atoms in total. The fourth-order valence-electron chi connectivity index (χ4n) is 4.36. The van der Waals surface area contributed by atoms with Gasteiger partial charge in [-0.25, -0.2) is 0 Å². The van der Waals surface area contributed by atoms with Gasteiger partial charge in [-0.1, -0.05) is 22.4 Å². The Morgan fingerprint density at radius 3 is 2.58 bits per heavy atom. The van der Waals surface area contributed by atoms with Crippen LogP contribution in [0.4, 0.5) is 0 Å². The molecule has 1 aromatic carbocycles. The predicted molar refractivity (Wildman–Crippen MR) is 97.5 cm³/mol. The Morgan fingerprint density at radius 1 is 1.21 bits per heavy atom. The number of amides is 1. The molecule has 0 heterocycles. The number of halogens is 1. The highest BCUT2D eigenvalue weighted by Crippen LogP contribution is 2.49. The van der Waals surface area contributed by atoms with Crippen molar-refractivity contribution in [1.29, 1.82) is 0 Å². The molecule has 5 heteroatoms. The Bertz CT molecular complexity index is 605. The Morgan fingerprint density at radius 2 is 1.96 bits per heavy atom. The SMILES string of the molecule is COc1cc(Br)c(CCNC(=O)C[C@@H]2C[C@H]3CC[C@H]2C3)cc1OC. The number of hydrogen-bond donors (Lipinski definition) is 1. The molecule has 0 radical (unpaired) electrons. The third-order valence-electron chi connectivity index (χ3n) is 5.60. The van der Waals surface area contributed by atoms with Gasteiger partial charge in [0, 0.05) is 17.4 Å². The van der Waals surface area contributed by atoms with Gasteiger partial charge in [-0.05, 0) is 61.1 Å². The van der Waals surface area contributed by atoms with Crippen LogP contribution >= 0.6 is 15.9 Å². The van der Waals surface area contributed by atoms with E-state index in [4.69, 9.17) is 9.47 Å². The molecule has 0 aliphatic heterocycles. The number of hydrogen-bond acceptors (Lipinski definition) is 3. The topological polar surface area (TPSA) is 47.6 Å². The molecule has 2 saturated carbocycles. The highest BCUT2D eigenvalue weighted by atomic mass is 79.9. The van der Waals surface area contributed by atoms with E-state index in [0.717, 1.165) is 28.3 Å². The molecular weight excluding hydrogens is 370 g/mol. The van der Waals surface area contributed by atoms with E-state index in [-0.39, 0.29) is 5.91 Å². The summed E-state index contributed by atoms with van der Waals surface area (Å²) < 4.78 is 11.6. The van der Waals surface area contributed by atoms with E-state index in [1.54, 1.807) is 14.2 Å². The lowest BCUT2D eigenvalue weighted by molar-refractivity contribution is -0.122. The van der Waals surface area contributed by atoms with Gasteiger partial charge >= 0.3 is 0 Å². The van der Waals surface area contributed by atoms with Crippen LogP contribution in [0, 0.1) is 17.8 Å². The zero-order chi connectivity index (χ0) is 17.1. The molecule has 2 aliphatic rings. The van der Waals surface area contributed by atoms with Crippen LogP contribution < -0.4 is 14.8 Å². The standard InChI is InChI=1S/C19H26BrNO3/c1-23-17-9-14(16(20)11-18(17)24-2)5-6-21-19(22)10-15-8-12-3-4-13(15)7-12/h9,11-13,15H,3-8,10H2,1-2H3,(H,21,22)/t12-,13-,15-/m0/s1. The van der Waals surface area contributed by atoms with Crippen molar-refractivity contribution < 1.29 is 14.3 Å². The summed E-state index contributed by atoms with van der Waals surface area (Å²) in [6.07, 6.45) is 6.81. The number of nitrogens with one attached hydrogen (secondary N) is 1. The number of ether oxygens (including phenoxy) is 2. The normalized spacial score (nSPS) is 24.9. The smallest absolute Gasteiger partial charge is 0.220 e. The van der Waals surface area contributed by atoms with E-state index in [9.17, 15) is 4.79 Å². The predicted octanol–water partition coefficient (Wildman–Crippen LogP) is 3.95. The Kier molecular flexibility index (Phi) is 5.69. The van der Waals surface area contributed by atoms with Gasteiger partial charge in [0.25, 0.3) is 0 Å². The van der Waals surface area contributed by atoms with Crippen LogP contribution in [-0.4, -0.2) is 26.7 Å². The molecule has 132 valence electrons. The third-order valence-corrected chi connectivity index (χ3v) is 6.34. The van der Waals surface area contributed by atoms with Crippen LogP contribution in [0.5, 0.6) is 11.5 Å². The van der Waals surface area contributed by atoms with E-state index >= 15 is 0 Å². The summed E-state index contributed by atoms with van der Waals surface area (Å²) in [4.78, 5) is 12.2. The van der Waals surface area contributed by atoms with Crippen molar-refractivity contribution in [2.75, 3.05) is 20.8 Å². The number of benzene rings is 1. The molecule has 2 fully saturated rings. The minimum atomic E-state index is 0.198. The first-order valence-corrected chi connectivity index (χ1v) is 9.57. The van der Waals surface area contributed by atoms with Crippen molar-refractivity contribution in [1.82, 2.24) is 5.32 Å². The highest BCUT2D eigenvalue weighted by Gasteiger charge is 2.39. The molecule has 1 amide bonds. The van der Waals surface area contributed by atoms with Gasteiger partial charge in [0.15, 0.2) is 11.5 Å². The summed E-state index contributed by atoms with van der Waals surface area (Å²) >= 11 is 3.56. The van der Waals surface area contributed by atoms with Crippen molar-refractivity contribution in [3.8, 4) is 11.5 Å². The molecule has 0 saturated heterocycles. The lowest BCUT2D eigenvalue weighted by Crippen LogP contribution is -2.29. The fraction of sp³-hybridized carbons (Fsp3) is 0.632. The zero-order valence-electron chi connectivity index (χ0n) is 14.4. The Labute approximate surface area is 152 Å². The molecule has 0 spiro atoms. The van der Waals surface area contributed by atoms with Crippen LogP contribution in [0.3, 0.4) is 0 Å². The van der Waals surface area contributed by atoms with Crippen molar-refractivity contribution in [2.24, 2.45) is 17.8 Å². The minimum absolute atomic E-state index is 0.198. The molecule has 2 bridgehead atoms. The van der Waals surface area contributed by atoms with Crippen molar-refractivity contribution in [3.05, 3.63) is 22.2 Å². The lowest BCUT2D eigenvalue weighted by Gasteiger charge is -2.21. The number of fused-ring (bicyclic) bond motifs is 2. The van der Waals surface area contributed by atoms with E-state index in [1.807, 2.05) is 12.1 Å². The van der Waals surface area contributed by atoms with Gasteiger partial charge in [0.05, 0.1) is 14.2 Å². The Balaban J connectivity index is 1.48. The van der Waals surface area contributed by atoms with Crippen molar-refractivity contribution in [2.45, 2.75) is 38.5 Å². The minimum Gasteiger partial charge on any atom is -0.493 e. The molecule has 3 rings (SSSR count). The largest absolute Gasteiger partial charge is 0.493 e. The van der Waals surface area contributed by atoms with Crippen molar-refractivity contribution in [3.63, 3.8) is 0 Å². The summed E-state index contributed by atoms with van der Waals surface area (Å²) in [7, 11) is 3.26. The van der Waals surface area contributed by atoms with E-state index in [2.05, 4.69) is 21.2 Å². The second-order valence-corrected chi connectivity index (χ2v) is 7.89. The first-order chi connectivity index (χ1) is 11.6. The first kappa shape index (κ1) is 17.6. The summed E-state index contributed by atoms with van der Waals surface area (Å²) in [6.45, 7) is 0.647. The molecule has 24 heavy (non-hydrogen) atoms. The summed E-state index contributed by atoms with van der Waals surface area (Å²) in [5.41, 5.74) is 1.10. The van der Waals surface area contributed by atoms with Gasteiger partial charge in [-0.3, -0.25) is 4.79 Å². The van der Waals surface area contributed by atoms with Crippen LogP contribution in [0.2, 0.25) is 0 Å². The summed E-state index contributed by atoms with van der Waals surface area (Å²) in [5, 5.41) is 3.08. The number of carbonyl (C=O) groups is 1. The first-order valence-electron chi connectivity index (χ1n) is 8.77. The summed E-state index contributed by atoms with van der Waals surface area (Å²) in [5.74, 6) is 3.94. The maximum atomic E-state index is 12.2. The maximum absolute atomic E-state index is 12.2. The van der Waals surface area contributed by atoms with Crippen molar-refractivity contribution >= 4 is 21.8 Å². The quantitative estimate of drug-likeness (QED) is 0.759. The molecule has 1 N–H and O–H groups in total. The van der Waals surface area contributed by atoms with Gasteiger partial charge < -0.3 is 14.8 Å². The van der Waals surface area contributed by atoms with E-state index < -0.39 is 0 Å². The molecular formula is C19H26BrNO3.